The summed E-state index contributed by atoms with van der Waals surface area (Å²) < 4.78 is 25.0. The quantitative estimate of drug-likeness (QED) is 0.535. The van der Waals surface area contributed by atoms with Crippen molar-refractivity contribution in [2.75, 3.05) is 7.11 Å². The summed E-state index contributed by atoms with van der Waals surface area (Å²) in [5, 5.41) is 3.30. The fourth-order valence-electron chi connectivity index (χ4n) is 2.92. The van der Waals surface area contributed by atoms with Gasteiger partial charge < -0.3 is 14.8 Å². The van der Waals surface area contributed by atoms with Crippen LogP contribution in [0.4, 0.5) is 10.1 Å². The molecule has 1 amide bonds. The van der Waals surface area contributed by atoms with Crippen LogP contribution in [0, 0.1) is 5.82 Å². The molecule has 1 fully saturated rings. The molecule has 0 aromatic heterocycles. The zero-order valence-electron chi connectivity index (χ0n) is 16.7. The maximum atomic E-state index is 13.8. The van der Waals surface area contributed by atoms with E-state index in [1.807, 2.05) is 36.4 Å². The SMILES string of the molecule is COc1cc(/C=C2/SC(=Nc3ccccc3)NC2=O)ccc1OCc1ccccc1F. The highest BCUT2D eigenvalue weighted by Gasteiger charge is 2.24. The van der Waals surface area contributed by atoms with Crippen molar-refractivity contribution in [3.63, 3.8) is 0 Å². The summed E-state index contributed by atoms with van der Waals surface area (Å²) >= 11 is 1.27. The normalized spacial score (nSPS) is 15.9. The molecule has 1 aliphatic heterocycles. The van der Waals surface area contributed by atoms with Gasteiger partial charge in [0.25, 0.3) is 5.91 Å². The van der Waals surface area contributed by atoms with E-state index in [9.17, 15) is 9.18 Å². The van der Waals surface area contributed by atoms with Crippen LogP contribution in [-0.2, 0) is 11.4 Å². The number of benzene rings is 3. The second kappa shape index (κ2) is 9.49. The largest absolute Gasteiger partial charge is 0.493 e. The van der Waals surface area contributed by atoms with Gasteiger partial charge in [0.15, 0.2) is 16.7 Å². The molecular formula is C24H19FN2O3S. The molecular weight excluding hydrogens is 415 g/mol. The highest BCUT2D eigenvalue weighted by atomic mass is 32.2. The second-order valence-corrected chi connectivity index (χ2v) is 7.64. The Morgan fingerprint density at radius 1 is 1.03 bits per heavy atom. The first-order chi connectivity index (χ1) is 15.1. The molecule has 0 spiro atoms. The summed E-state index contributed by atoms with van der Waals surface area (Å²) in [6.07, 6.45) is 1.76. The number of rotatable bonds is 6. The lowest BCUT2D eigenvalue weighted by Crippen LogP contribution is -2.19. The van der Waals surface area contributed by atoms with Gasteiger partial charge >= 0.3 is 0 Å². The molecule has 0 unspecified atom stereocenters. The third-order valence-corrected chi connectivity index (χ3v) is 5.37. The van der Waals surface area contributed by atoms with Gasteiger partial charge in [-0.15, -0.1) is 0 Å². The van der Waals surface area contributed by atoms with Crippen LogP contribution in [0.2, 0.25) is 0 Å². The lowest BCUT2D eigenvalue weighted by molar-refractivity contribution is -0.115. The molecule has 0 aliphatic carbocycles. The van der Waals surface area contributed by atoms with Crippen LogP contribution in [-0.4, -0.2) is 18.2 Å². The number of amides is 1. The van der Waals surface area contributed by atoms with Gasteiger partial charge in [-0.3, -0.25) is 4.79 Å². The van der Waals surface area contributed by atoms with Crippen molar-refractivity contribution in [1.82, 2.24) is 5.32 Å². The molecule has 156 valence electrons. The third-order valence-electron chi connectivity index (χ3n) is 4.46. The number of aliphatic imine (C=N–C) groups is 1. The molecule has 31 heavy (non-hydrogen) atoms. The number of hydrogen-bond donors (Lipinski definition) is 1. The maximum Gasteiger partial charge on any atom is 0.264 e. The first kappa shape index (κ1) is 20.7. The number of para-hydroxylation sites is 1. The van der Waals surface area contributed by atoms with Crippen LogP contribution < -0.4 is 14.8 Å². The Morgan fingerprint density at radius 3 is 2.58 bits per heavy atom. The van der Waals surface area contributed by atoms with E-state index in [1.54, 1.807) is 36.4 Å². The monoisotopic (exact) mass is 434 g/mol. The average Bonchev–Trinajstić information content (AvgIpc) is 3.12. The summed E-state index contributed by atoms with van der Waals surface area (Å²) in [5.41, 5.74) is 2.00. The maximum absolute atomic E-state index is 13.8. The molecule has 0 radical (unpaired) electrons. The highest BCUT2D eigenvalue weighted by molar-refractivity contribution is 8.18. The van der Waals surface area contributed by atoms with Crippen molar-refractivity contribution in [2.24, 2.45) is 4.99 Å². The van der Waals surface area contributed by atoms with Crippen molar-refractivity contribution in [2.45, 2.75) is 6.61 Å². The summed E-state index contributed by atoms with van der Waals surface area (Å²) in [7, 11) is 1.53. The number of hydrogen-bond acceptors (Lipinski definition) is 5. The van der Waals surface area contributed by atoms with Crippen molar-refractivity contribution in [3.05, 3.63) is 94.6 Å². The van der Waals surface area contributed by atoms with Crippen LogP contribution in [0.25, 0.3) is 6.08 Å². The Labute approximate surface area is 183 Å². The number of halogens is 1. The van der Waals surface area contributed by atoms with Crippen LogP contribution in [0.5, 0.6) is 11.5 Å². The standard InChI is InChI=1S/C24H19FN2O3S/c1-29-21-13-16(11-12-20(21)30-15-17-7-5-6-10-19(17)25)14-22-23(28)27-24(31-22)26-18-8-3-2-4-9-18/h2-14H,15H2,1H3,(H,26,27,28)/b22-14+. The van der Waals surface area contributed by atoms with Gasteiger partial charge in [-0.25, -0.2) is 9.38 Å². The van der Waals surface area contributed by atoms with Crippen molar-refractivity contribution in [1.29, 1.82) is 0 Å². The van der Waals surface area contributed by atoms with E-state index in [2.05, 4.69) is 10.3 Å². The predicted octanol–water partition coefficient (Wildman–Crippen LogP) is 5.30. The molecule has 0 saturated carbocycles. The van der Waals surface area contributed by atoms with E-state index >= 15 is 0 Å². The molecule has 1 saturated heterocycles. The fraction of sp³-hybridized carbons (Fsp3) is 0.0833. The van der Waals surface area contributed by atoms with E-state index in [1.165, 1.54) is 24.9 Å². The highest BCUT2D eigenvalue weighted by Crippen LogP contribution is 2.32. The number of carbonyl (C=O) groups is 1. The average molecular weight is 434 g/mol. The minimum atomic E-state index is -0.319. The molecule has 3 aromatic carbocycles. The van der Waals surface area contributed by atoms with Gasteiger partial charge in [-0.1, -0.05) is 42.5 Å². The van der Waals surface area contributed by atoms with Crippen LogP contribution in [0.3, 0.4) is 0 Å². The Bertz CT molecular complexity index is 1160. The van der Waals surface area contributed by atoms with Crippen LogP contribution in [0.15, 0.2) is 82.7 Å². The predicted molar refractivity (Wildman–Crippen MR) is 121 cm³/mol. The molecule has 0 bridgehead atoms. The second-order valence-electron chi connectivity index (χ2n) is 6.61. The molecule has 7 heteroatoms. The number of methoxy groups -OCH3 is 1. The van der Waals surface area contributed by atoms with Gasteiger partial charge in [0.05, 0.1) is 17.7 Å². The van der Waals surface area contributed by atoms with Gasteiger partial charge in [-0.2, -0.15) is 0 Å². The molecule has 1 N–H and O–H groups in total. The summed E-state index contributed by atoms with van der Waals surface area (Å²) in [6, 6.07) is 21.2. The summed E-state index contributed by atoms with van der Waals surface area (Å²) in [5.74, 6) is 0.452. The number of amidine groups is 1. The number of carbonyl (C=O) groups excluding carboxylic acids is 1. The number of nitrogens with zero attached hydrogens (tertiary/aromatic N) is 1. The fourth-order valence-corrected chi connectivity index (χ4v) is 3.76. The van der Waals surface area contributed by atoms with Gasteiger partial charge in [-0.05, 0) is 53.7 Å². The van der Waals surface area contributed by atoms with Gasteiger partial charge in [0.1, 0.15) is 12.4 Å². The first-order valence-corrected chi connectivity index (χ1v) is 10.3. The molecule has 5 nitrogen and oxygen atoms in total. The number of thioether (sulfide) groups is 1. The van der Waals surface area contributed by atoms with Gasteiger partial charge in [0.2, 0.25) is 0 Å². The minimum absolute atomic E-state index is 0.0844. The van der Waals surface area contributed by atoms with E-state index in [0.29, 0.717) is 27.1 Å². The van der Waals surface area contributed by atoms with Crippen LogP contribution in [0.1, 0.15) is 11.1 Å². The van der Waals surface area contributed by atoms with E-state index in [-0.39, 0.29) is 18.3 Å². The van der Waals surface area contributed by atoms with E-state index in [0.717, 1.165) is 11.3 Å². The van der Waals surface area contributed by atoms with E-state index in [4.69, 9.17) is 9.47 Å². The molecule has 4 rings (SSSR count). The Morgan fingerprint density at radius 2 is 1.81 bits per heavy atom. The third kappa shape index (κ3) is 5.13. The zero-order chi connectivity index (χ0) is 21.6. The van der Waals surface area contributed by atoms with Crippen molar-refractivity contribution in [3.8, 4) is 11.5 Å². The van der Waals surface area contributed by atoms with E-state index < -0.39 is 0 Å². The zero-order valence-corrected chi connectivity index (χ0v) is 17.5. The molecule has 1 aliphatic rings. The lowest BCUT2D eigenvalue weighted by atomic mass is 10.2. The number of nitrogens with one attached hydrogen (secondary N) is 1. The Hall–Kier alpha value is -3.58. The summed E-state index contributed by atoms with van der Waals surface area (Å²) in [4.78, 5) is 17.3. The smallest absolute Gasteiger partial charge is 0.264 e. The summed E-state index contributed by atoms with van der Waals surface area (Å²) in [6.45, 7) is 0.0844. The number of ether oxygens (including phenoxy) is 2. The first-order valence-electron chi connectivity index (χ1n) is 9.51. The van der Waals surface area contributed by atoms with Crippen molar-refractivity contribution >= 4 is 34.6 Å². The minimum Gasteiger partial charge on any atom is -0.493 e. The Kier molecular flexibility index (Phi) is 6.33. The van der Waals surface area contributed by atoms with Gasteiger partial charge in [0, 0.05) is 5.56 Å². The Balaban J connectivity index is 1.50. The molecule has 1 heterocycles. The lowest BCUT2D eigenvalue weighted by Gasteiger charge is -2.12. The molecule has 3 aromatic rings. The van der Waals surface area contributed by atoms with Crippen LogP contribution >= 0.6 is 11.8 Å². The topological polar surface area (TPSA) is 59.9 Å². The van der Waals surface area contributed by atoms with Crippen molar-refractivity contribution < 1.29 is 18.7 Å². The molecule has 0 atom stereocenters.